The van der Waals surface area contributed by atoms with E-state index in [2.05, 4.69) is 5.32 Å². The molecule has 0 aliphatic carbocycles. The number of nitrogens with zero attached hydrogens (tertiary/aromatic N) is 1. The molecule has 0 aliphatic heterocycles. The third-order valence-electron chi connectivity index (χ3n) is 2.50. The smallest absolute Gasteiger partial charge is 0.244 e. The van der Waals surface area contributed by atoms with Gasteiger partial charge in [0.2, 0.25) is 5.91 Å². The number of anilines is 1. The van der Waals surface area contributed by atoms with Crippen LogP contribution in [0.25, 0.3) is 0 Å². The largest absolute Gasteiger partial charge is 0.336 e. The Morgan fingerprint density at radius 3 is 2.84 bits per heavy atom. The Morgan fingerprint density at radius 1 is 1.32 bits per heavy atom. The van der Waals surface area contributed by atoms with Crippen LogP contribution < -0.4 is 5.32 Å². The van der Waals surface area contributed by atoms with Crippen LogP contribution in [0, 0.1) is 0 Å². The number of aldehydes is 1. The van der Waals surface area contributed by atoms with Gasteiger partial charge in [0.05, 0.1) is 16.4 Å². The summed E-state index contributed by atoms with van der Waals surface area (Å²) in [5.41, 5.74) is 0.881. The van der Waals surface area contributed by atoms with E-state index in [1.807, 2.05) is 0 Å². The van der Waals surface area contributed by atoms with Crippen molar-refractivity contribution in [3.63, 3.8) is 0 Å². The van der Waals surface area contributed by atoms with Crippen LogP contribution in [0.2, 0.25) is 10.0 Å². The fourth-order valence-corrected chi connectivity index (χ4v) is 1.95. The molecule has 4 nitrogen and oxygen atoms in total. The number of hydrogen-bond acceptors (Lipinski definition) is 2. The van der Waals surface area contributed by atoms with Crippen LogP contribution in [0.5, 0.6) is 0 Å². The Kier molecular flexibility index (Phi) is 4.24. The van der Waals surface area contributed by atoms with Gasteiger partial charge < -0.3 is 9.88 Å². The maximum absolute atomic E-state index is 11.9. The minimum absolute atomic E-state index is 0.0317. The molecule has 1 amide bonds. The molecule has 98 valence electrons. The SMILES string of the molecule is O=Cc1cccn1CC(=O)Nc1cc(Cl)ccc1Cl. The summed E-state index contributed by atoms with van der Waals surface area (Å²) in [6.07, 6.45) is 2.35. The molecule has 0 radical (unpaired) electrons. The van der Waals surface area contributed by atoms with E-state index in [1.54, 1.807) is 41.1 Å². The molecule has 1 heterocycles. The zero-order valence-electron chi connectivity index (χ0n) is 9.77. The Hall–Kier alpha value is -1.78. The van der Waals surface area contributed by atoms with Crippen molar-refractivity contribution in [3.8, 4) is 0 Å². The van der Waals surface area contributed by atoms with Crippen LogP contribution in [0.4, 0.5) is 5.69 Å². The minimum Gasteiger partial charge on any atom is -0.336 e. The van der Waals surface area contributed by atoms with E-state index in [0.29, 0.717) is 27.7 Å². The van der Waals surface area contributed by atoms with Crippen LogP contribution in [0.1, 0.15) is 10.5 Å². The predicted molar refractivity (Wildman–Crippen MR) is 74.9 cm³/mol. The summed E-state index contributed by atoms with van der Waals surface area (Å²) in [4.78, 5) is 22.6. The van der Waals surface area contributed by atoms with Crippen molar-refractivity contribution in [2.24, 2.45) is 0 Å². The van der Waals surface area contributed by atoms with Gasteiger partial charge in [0.1, 0.15) is 6.54 Å². The molecule has 1 aromatic heterocycles. The van der Waals surface area contributed by atoms with Gasteiger partial charge in [-0.25, -0.2) is 0 Å². The van der Waals surface area contributed by atoms with Crippen molar-refractivity contribution in [2.75, 3.05) is 5.32 Å². The average molecular weight is 297 g/mol. The second-order valence-electron chi connectivity index (χ2n) is 3.85. The van der Waals surface area contributed by atoms with Crippen molar-refractivity contribution >= 4 is 41.1 Å². The van der Waals surface area contributed by atoms with Crippen molar-refractivity contribution in [1.82, 2.24) is 4.57 Å². The van der Waals surface area contributed by atoms with Gasteiger partial charge in [0.15, 0.2) is 6.29 Å². The molecule has 0 bridgehead atoms. The molecule has 1 aromatic carbocycles. The Labute approximate surface area is 119 Å². The highest BCUT2D eigenvalue weighted by atomic mass is 35.5. The van der Waals surface area contributed by atoms with Crippen LogP contribution in [0.15, 0.2) is 36.5 Å². The second kappa shape index (κ2) is 5.91. The number of amides is 1. The number of carbonyl (C=O) groups excluding carboxylic acids is 2. The van der Waals surface area contributed by atoms with Crippen LogP contribution in [-0.4, -0.2) is 16.8 Å². The van der Waals surface area contributed by atoms with Crippen LogP contribution in [0.3, 0.4) is 0 Å². The van der Waals surface area contributed by atoms with E-state index in [0.717, 1.165) is 0 Å². The molecule has 0 saturated heterocycles. The molecular formula is C13H10Cl2N2O2. The first kappa shape index (κ1) is 13.6. The number of rotatable bonds is 4. The zero-order valence-corrected chi connectivity index (χ0v) is 11.3. The van der Waals surface area contributed by atoms with Gasteiger partial charge in [-0.1, -0.05) is 23.2 Å². The lowest BCUT2D eigenvalue weighted by Crippen LogP contribution is -2.19. The van der Waals surface area contributed by atoms with Gasteiger partial charge >= 0.3 is 0 Å². The Bertz CT molecular complexity index is 623. The van der Waals surface area contributed by atoms with E-state index >= 15 is 0 Å². The van der Waals surface area contributed by atoms with E-state index in [9.17, 15) is 9.59 Å². The van der Waals surface area contributed by atoms with Crippen molar-refractivity contribution in [2.45, 2.75) is 6.54 Å². The monoisotopic (exact) mass is 296 g/mol. The van der Waals surface area contributed by atoms with E-state index < -0.39 is 0 Å². The normalized spacial score (nSPS) is 10.2. The lowest BCUT2D eigenvalue weighted by Gasteiger charge is -2.09. The molecule has 0 saturated carbocycles. The molecule has 0 unspecified atom stereocenters. The molecule has 0 atom stereocenters. The average Bonchev–Trinajstić information content (AvgIpc) is 2.81. The highest BCUT2D eigenvalue weighted by Crippen LogP contribution is 2.25. The number of aromatic nitrogens is 1. The summed E-state index contributed by atoms with van der Waals surface area (Å²) >= 11 is 11.8. The highest BCUT2D eigenvalue weighted by Gasteiger charge is 2.09. The van der Waals surface area contributed by atoms with Crippen molar-refractivity contribution < 1.29 is 9.59 Å². The first-order valence-electron chi connectivity index (χ1n) is 5.45. The van der Waals surface area contributed by atoms with E-state index in [4.69, 9.17) is 23.2 Å². The maximum atomic E-state index is 11.9. The van der Waals surface area contributed by atoms with Gasteiger partial charge in [-0.3, -0.25) is 9.59 Å². The summed E-state index contributed by atoms with van der Waals surface area (Å²) in [5, 5.41) is 3.53. The molecule has 0 fully saturated rings. The second-order valence-corrected chi connectivity index (χ2v) is 4.69. The molecule has 2 aromatic rings. The predicted octanol–water partition coefficient (Wildman–Crippen LogP) is 3.25. The number of halogens is 2. The van der Waals surface area contributed by atoms with Crippen molar-refractivity contribution in [3.05, 3.63) is 52.3 Å². The van der Waals surface area contributed by atoms with E-state index in [1.165, 1.54) is 0 Å². The van der Waals surface area contributed by atoms with Crippen LogP contribution >= 0.6 is 23.2 Å². The lowest BCUT2D eigenvalue weighted by atomic mass is 10.3. The van der Waals surface area contributed by atoms with Crippen LogP contribution in [-0.2, 0) is 11.3 Å². The molecule has 2 rings (SSSR count). The third-order valence-corrected chi connectivity index (χ3v) is 3.07. The molecular weight excluding hydrogens is 287 g/mol. The number of nitrogens with one attached hydrogen (secondary N) is 1. The number of carbonyl (C=O) groups is 2. The van der Waals surface area contributed by atoms with Gasteiger partial charge in [-0.2, -0.15) is 0 Å². The summed E-state index contributed by atoms with van der Waals surface area (Å²) in [5.74, 6) is -0.288. The summed E-state index contributed by atoms with van der Waals surface area (Å²) in [6, 6.07) is 8.14. The summed E-state index contributed by atoms with van der Waals surface area (Å²) < 4.78 is 1.54. The summed E-state index contributed by atoms with van der Waals surface area (Å²) in [7, 11) is 0. The number of hydrogen-bond donors (Lipinski definition) is 1. The third kappa shape index (κ3) is 3.36. The number of benzene rings is 1. The topological polar surface area (TPSA) is 51.1 Å². The molecule has 1 N–H and O–H groups in total. The minimum atomic E-state index is -0.288. The molecule has 19 heavy (non-hydrogen) atoms. The van der Waals surface area contributed by atoms with Gasteiger partial charge in [-0.05, 0) is 30.3 Å². The molecule has 0 spiro atoms. The fourth-order valence-electron chi connectivity index (χ4n) is 1.62. The quantitative estimate of drug-likeness (QED) is 0.881. The van der Waals surface area contributed by atoms with E-state index in [-0.39, 0.29) is 12.5 Å². The highest BCUT2D eigenvalue weighted by molar-refractivity contribution is 6.35. The van der Waals surface area contributed by atoms with Crippen molar-refractivity contribution in [1.29, 1.82) is 0 Å². The Morgan fingerprint density at radius 2 is 2.11 bits per heavy atom. The fraction of sp³-hybridized carbons (Fsp3) is 0.0769. The van der Waals surface area contributed by atoms with Gasteiger partial charge in [0, 0.05) is 11.2 Å². The first-order chi connectivity index (χ1) is 9.10. The van der Waals surface area contributed by atoms with Gasteiger partial charge in [-0.15, -0.1) is 0 Å². The Balaban J connectivity index is 2.09. The summed E-state index contributed by atoms with van der Waals surface area (Å²) in [6.45, 7) is 0.0317. The molecule has 0 aliphatic rings. The first-order valence-corrected chi connectivity index (χ1v) is 6.21. The van der Waals surface area contributed by atoms with Gasteiger partial charge in [0.25, 0.3) is 0 Å². The molecule has 6 heteroatoms. The standard InChI is InChI=1S/C13H10Cl2N2O2/c14-9-3-4-11(15)12(6-9)16-13(19)7-17-5-1-2-10(17)8-18/h1-6,8H,7H2,(H,16,19). The zero-order chi connectivity index (χ0) is 13.8. The lowest BCUT2D eigenvalue weighted by molar-refractivity contribution is -0.116. The maximum Gasteiger partial charge on any atom is 0.244 e.